The van der Waals surface area contributed by atoms with Crippen LogP contribution in [0.4, 0.5) is 4.39 Å². The number of hydrogen-bond acceptors (Lipinski definition) is 3. The molecular weight excluding hydrogens is 151 g/mol. The Morgan fingerprint density at radius 1 is 1.82 bits per heavy atom. The van der Waals surface area contributed by atoms with Gasteiger partial charge < -0.3 is 9.30 Å². The molecule has 0 aromatic carbocycles. The molecule has 1 rings (SSSR count). The molecule has 0 bridgehead atoms. The third-order valence-electron chi connectivity index (χ3n) is 1.27. The van der Waals surface area contributed by atoms with Crippen molar-refractivity contribution in [2.45, 2.75) is 0 Å². The Morgan fingerprint density at radius 2 is 2.45 bits per heavy atom. The van der Waals surface area contributed by atoms with E-state index in [1.807, 2.05) is 0 Å². The van der Waals surface area contributed by atoms with Crippen LogP contribution in [-0.2, 0) is 11.8 Å². The van der Waals surface area contributed by atoms with Crippen molar-refractivity contribution in [3.05, 3.63) is 18.0 Å². The Morgan fingerprint density at radius 3 is 2.82 bits per heavy atom. The van der Waals surface area contributed by atoms with Gasteiger partial charge in [0.25, 0.3) is 0 Å². The van der Waals surface area contributed by atoms with E-state index in [4.69, 9.17) is 0 Å². The molecule has 0 atom stereocenters. The highest BCUT2D eigenvalue weighted by Gasteiger charge is 2.16. The number of imidazole rings is 1. The van der Waals surface area contributed by atoms with Gasteiger partial charge in [-0.15, -0.1) is 0 Å². The van der Waals surface area contributed by atoms with Crippen molar-refractivity contribution in [3.8, 4) is 0 Å². The van der Waals surface area contributed by atoms with Gasteiger partial charge in [0.05, 0.1) is 13.4 Å². The van der Waals surface area contributed by atoms with E-state index in [2.05, 4.69) is 9.72 Å². The highest BCUT2D eigenvalue weighted by Crippen LogP contribution is 2.04. The van der Waals surface area contributed by atoms with E-state index in [0.717, 1.165) is 0 Å². The molecule has 0 aliphatic heterocycles. The Labute approximate surface area is 62.6 Å². The molecule has 5 heteroatoms. The zero-order chi connectivity index (χ0) is 8.43. The summed E-state index contributed by atoms with van der Waals surface area (Å²) in [4.78, 5) is 14.1. The standard InChI is InChI=1S/C6H7FN2O2/c1-9-3-8-5(7)4(9)6(10)11-2/h3H,1-2H3. The van der Waals surface area contributed by atoms with Gasteiger partial charge in [0.1, 0.15) is 0 Å². The third-order valence-corrected chi connectivity index (χ3v) is 1.27. The quantitative estimate of drug-likeness (QED) is 0.554. The number of aryl methyl sites for hydroxylation is 1. The molecule has 0 saturated heterocycles. The molecule has 60 valence electrons. The normalized spacial score (nSPS) is 9.73. The van der Waals surface area contributed by atoms with Crippen molar-refractivity contribution in [1.82, 2.24) is 9.55 Å². The van der Waals surface area contributed by atoms with Crippen molar-refractivity contribution in [1.29, 1.82) is 0 Å². The Hall–Kier alpha value is -1.39. The average Bonchev–Trinajstić information content (AvgIpc) is 2.30. The highest BCUT2D eigenvalue weighted by molar-refractivity contribution is 5.87. The number of esters is 1. The molecule has 0 saturated carbocycles. The van der Waals surface area contributed by atoms with Gasteiger partial charge in [-0.3, -0.25) is 0 Å². The lowest BCUT2D eigenvalue weighted by Crippen LogP contribution is -2.08. The zero-order valence-corrected chi connectivity index (χ0v) is 6.17. The summed E-state index contributed by atoms with van der Waals surface area (Å²) in [5.41, 5.74) is -0.160. The molecule has 0 radical (unpaired) electrons. The fourth-order valence-corrected chi connectivity index (χ4v) is 0.727. The second-order valence-electron chi connectivity index (χ2n) is 1.99. The maximum absolute atomic E-state index is 12.6. The monoisotopic (exact) mass is 158 g/mol. The first-order chi connectivity index (χ1) is 5.16. The van der Waals surface area contributed by atoms with Crippen molar-refractivity contribution in [2.24, 2.45) is 7.05 Å². The number of nitrogens with zero attached hydrogens (tertiary/aromatic N) is 2. The van der Waals surface area contributed by atoms with Crippen molar-refractivity contribution >= 4 is 5.97 Å². The van der Waals surface area contributed by atoms with Gasteiger partial charge in [-0.25, -0.2) is 9.78 Å². The second kappa shape index (κ2) is 2.69. The first-order valence-electron chi connectivity index (χ1n) is 2.92. The molecular formula is C6H7FN2O2. The van der Waals surface area contributed by atoms with Crippen LogP contribution in [0.25, 0.3) is 0 Å². The molecule has 0 N–H and O–H groups in total. The molecule has 0 amide bonds. The van der Waals surface area contributed by atoms with Crippen LogP contribution in [0.1, 0.15) is 10.5 Å². The lowest BCUT2D eigenvalue weighted by molar-refractivity contribution is 0.0584. The lowest BCUT2D eigenvalue weighted by atomic mass is 10.5. The van der Waals surface area contributed by atoms with Crippen molar-refractivity contribution in [2.75, 3.05) is 7.11 Å². The minimum absolute atomic E-state index is 0.160. The predicted molar refractivity (Wildman–Crippen MR) is 34.5 cm³/mol. The van der Waals surface area contributed by atoms with E-state index in [1.54, 1.807) is 0 Å². The van der Waals surface area contributed by atoms with Crippen LogP contribution < -0.4 is 0 Å². The number of rotatable bonds is 1. The summed E-state index contributed by atoms with van der Waals surface area (Å²) in [7, 11) is 2.71. The summed E-state index contributed by atoms with van der Waals surface area (Å²) < 4.78 is 18.2. The number of methoxy groups -OCH3 is 1. The number of aromatic nitrogens is 2. The number of carbonyl (C=O) groups excluding carboxylic acids is 1. The molecule has 0 unspecified atom stereocenters. The summed E-state index contributed by atoms with van der Waals surface area (Å²) in [6.07, 6.45) is 1.21. The Bertz CT molecular complexity index is 263. The van der Waals surface area contributed by atoms with Gasteiger partial charge in [0, 0.05) is 7.05 Å². The van der Waals surface area contributed by atoms with E-state index >= 15 is 0 Å². The minimum atomic E-state index is -0.806. The van der Waals surface area contributed by atoms with Crippen LogP contribution in [0.2, 0.25) is 0 Å². The molecule has 1 heterocycles. The number of ether oxygens (including phenoxy) is 1. The van der Waals surface area contributed by atoms with E-state index in [1.165, 1.54) is 25.1 Å². The summed E-state index contributed by atoms with van der Waals surface area (Å²) in [5.74, 6) is -1.53. The Balaban J connectivity index is 3.10. The van der Waals surface area contributed by atoms with Gasteiger partial charge >= 0.3 is 5.97 Å². The fourth-order valence-electron chi connectivity index (χ4n) is 0.727. The van der Waals surface area contributed by atoms with Gasteiger partial charge in [0.2, 0.25) is 5.95 Å². The SMILES string of the molecule is COC(=O)c1c(F)ncn1C. The van der Waals surface area contributed by atoms with E-state index < -0.39 is 11.9 Å². The van der Waals surface area contributed by atoms with Crippen LogP contribution in [0.3, 0.4) is 0 Å². The van der Waals surface area contributed by atoms with Crippen LogP contribution >= 0.6 is 0 Å². The highest BCUT2D eigenvalue weighted by atomic mass is 19.1. The molecule has 0 aliphatic rings. The predicted octanol–water partition coefficient (Wildman–Crippen LogP) is 0.346. The largest absolute Gasteiger partial charge is 0.464 e. The minimum Gasteiger partial charge on any atom is -0.464 e. The Kier molecular flexibility index (Phi) is 1.89. The fraction of sp³-hybridized carbons (Fsp3) is 0.333. The maximum atomic E-state index is 12.6. The van der Waals surface area contributed by atoms with Crippen LogP contribution in [0.5, 0.6) is 0 Å². The smallest absolute Gasteiger partial charge is 0.359 e. The number of hydrogen-bond donors (Lipinski definition) is 0. The van der Waals surface area contributed by atoms with E-state index in [9.17, 15) is 9.18 Å². The molecule has 0 fully saturated rings. The molecule has 4 nitrogen and oxygen atoms in total. The number of halogens is 1. The van der Waals surface area contributed by atoms with Crippen LogP contribution in [-0.4, -0.2) is 22.6 Å². The maximum Gasteiger partial charge on any atom is 0.359 e. The first kappa shape index (κ1) is 7.71. The molecule has 0 aliphatic carbocycles. The van der Waals surface area contributed by atoms with Crippen LogP contribution in [0, 0.1) is 5.95 Å². The summed E-state index contributed by atoms with van der Waals surface area (Å²) in [6.45, 7) is 0. The van der Waals surface area contributed by atoms with E-state index in [-0.39, 0.29) is 5.69 Å². The lowest BCUT2D eigenvalue weighted by Gasteiger charge is -1.97. The van der Waals surface area contributed by atoms with Gasteiger partial charge in [-0.2, -0.15) is 4.39 Å². The van der Waals surface area contributed by atoms with Crippen LogP contribution in [0.15, 0.2) is 6.33 Å². The van der Waals surface area contributed by atoms with Crippen molar-refractivity contribution in [3.63, 3.8) is 0 Å². The topological polar surface area (TPSA) is 44.1 Å². The van der Waals surface area contributed by atoms with Gasteiger partial charge in [0.15, 0.2) is 5.69 Å². The summed E-state index contributed by atoms with van der Waals surface area (Å²) >= 11 is 0. The van der Waals surface area contributed by atoms with Gasteiger partial charge in [-0.1, -0.05) is 0 Å². The first-order valence-corrected chi connectivity index (χ1v) is 2.92. The average molecular weight is 158 g/mol. The second-order valence-corrected chi connectivity index (χ2v) is 1.99. The summed E-state index contributed by atoms with van der Waals surface area (Å²) in [5, 5.41) is 0. The summed E-state index contributed by atoms with van der Waals surface area (Å²) in [6, 6.07) is 0. The van der Waals surface area contributed by atoms with E-state index in [0.29, 0.717) is 0 Å². The molecule has 11 heavy (non-hydrogen) atoms. The molecule has 0 spiro atoms. The molecule has 1 aromatic heterocycles. The van der Waals surface area contributed by atoms with Gasteiger partial charge in [-0.05, 0) is 0 Å². The molecule has 1 aromatic rings. The third kappa shape index (κ3) is 1.21. The van der Waals surface area contributed by atoms with Crippen molar-refractivity contribution < 1.29 is 13.9 Å². The number of carbonyl (C=O) groups is 1. The zero-order valence-electron chi connectivity index (χ0n) is 6.17.